The van der Waals surface area contributed by atoms with Gasteiger partial charge in [-0.1, -0.05) is 53.2 Å². The zero-order valence-corrected chi connectivity index (χ0v) is 76.1. The number of aliphatic hydroxyl groups excluding tert-OH is 1. The van der Waals surface area contributed by atoms with Crippen LogP contribution in [0.1, 0.15) is 40.0 Å². The van der Waals surface area contributed by atoms with Crippen LogP contribution in [0.3, 0.4) is 0 Å². The van der Waals surface area contributed by atoms with Gasteiger partial charge in [0.2, 0.25) is 47.1 Å². The van der Waals surface area contributed by atoms with Crippen LogP contribution in [0.2, 0.25) is 5.02 Å². The molecular weight excluding hydrogens is 1950 g/mol. The molecule has 0 aliphatic heterocycles. The highest BCUT2D eigenvalue weighted by Gasteiger charge is 2.34. The molecule has 0 aliphatic carbocycles. The van der Waals surface area contributed by atoms with Crippen LogP contribution in [0.15, 0.2) is 224 Å². The van der Waals surface area contributed by atoms with Crippen molar-refractivity contribution in [3.05, 3.63) is 310 Å². The molecular formula is C93H70ClF16N31O2S. The third-order valence-electron chi connectivity index (χ3n) is 20.7. The van der Waals surface area contributed by atoms with Gasteiger partial charge in [-0.3, -0.25) is 18.3 Å². The second kappa shape index (κ2) is 41.3. The zero-order valence-electron chi connectivity index (χ0n) is 74.5. The fourth-order valence-electron chi connectivity index (χ4n) is 14.2. The minimum absolute atomic E-state index is 0.0456. The maximum Gasteiger partial charge on any atom is 0.433 e. The van der Waals surface area contributed by atoms with Gasteiger partial charge in [0.25, 0.3) is 0 Å². The summed E-state index contributed by atoms with van der Waals surface area (Å²) in [6.45, 7) is 3.54. The van der Waals surface area contributed by atoms with Crippen LogP contribution in [0, 0.1) is 74.2 Å². The molecule has 12 heterocycles. The molecule has 0 unspecified atom stereocenters. The van der Waals surface area contributed by atoms with E-state index in [0.29, 0.717) is 95.3 Å². The van der Waals surface area contributed by atoms with E-state index in [1.165, 1.54) is 133 Å². The van der Waals surface area contributed by atoms with E-state index in [2.05, 4.69) is 111 Å². The van der Waals surface area contributed by atoms with Crippen molar-refractivity contribution >= 4 is 160 Å². The summed E-state index contributed by atoms with van der Waals surface area (Å²) in [5.74, 6) is -5.74. The van der Waals surface area contributed by atoms with E-state index in [4.69, 9.17) is 40.3 Å². The molecule has 0 amide bonds. The Labute approximate surface area is 809 Å². The van der Waals surface area contributed by atoms with Gasteiger partial charge in [-0.15, -0.1) is 0 Å². The van der Waals surface area contributed by atoms with Crippen molar-refractivity contribution in [3.8, 4) is 40.9 Å². The number of nitrogens with two attached hydrogens (primary N) is 5. The minimum atomic E-state index is -4.61. The van der Waals surface area contributed by atoms with Gasteiger partial charge in [0.1, 0.15) is 63.8 Å². The van der Waals surface area contributed by atoms with Crippen molar-refractivity contribution in [1.82, 2.24) is 103 Å². The molecule has 12 aromatic heterocycles. The molecule has 0 saturated carbocycles. The molecule has 20 rings (SSSR count). The predicted molar refractivity (Wildman–Crippen MR) is 509 cm³/mol. The molecule has 734 valence electrons. The number of hydrogen-bond acceptors (Lipinski definition) is 29. The molecule has 16 N–H and O–H groups in total. The van der Waals surface area contributed by atoms with Crippen molar-refractivity contribution in [2.24, 2.45) is 0 Å². The maximum absolute atomic E-state index is 14.6. The number of rotatable bonds is 19. The first-order valence-electron chi connectivity index (χ1n) is 41.8. The molecule has 0 atom stereocenters. The minimum Gasteiger partial charge on any atom is -0.435 e. The Bertz CT molecular complexity index is 8000. The summed E-state index contributed by atoms with van der Waals surface area (Å²) in [6.07, 6.45) is -4.87. The van der Waals surface area contributed by atoms with E-state index < -0.39 is 101 Å². The van der Waals surface area contributed by atoms with E-state index in [1.807, 2.05) is 49.6 Å². The number of thioether (sulfide) groups is 1. The van der Waals surface area contributed by atoms with Gasteiger partial charge in [-0.25, -0.2) is 57.0 Å². The van der Waals surface area contributed by atoms with E-state index in [1.54, 1.807) is 73.9 Å². The lowest BCUT2D eigenvalue weighted by molar-refractivity contribution is -0.141. The average Bonchev–Trinajstić information content (AvgIpc) is 1.65. The number of nitrogen functional groups attached to an aromatic ring is 5. The lowest BCUT2D eigenvalue weighted by Crippen LogP contribution is -2.11. The zero-order chi connectivity index (χ0) is 103. The highest BCUT2D eigenvalue weighted by atomic mass is 35.5. The first kappa shape index (κ1) is 99.2. The number of ether oxygens (including phenoxy) is 1. The number of para-hydroxylation sites is 2. The maximum atomic E-state index is 14.6. The quantitative estimate of drug-likeness (QED) is 0.0264. The number of imidazole rings is 4. The molecule has 0 spiro atoms. The third kappa shape index (κ3) is 22.2. The Kier molecular flexibility index (Phi) is 28.4. The van der Waals surface area contributed by atoms with Gasteiger partial charge in [-0.2, -0.15) is 97.7 Å². The molecule has 33 nitrogen and oxygen atoms in total. The lowest BCUT2D eigenvalue weighted by atomic mass is 10.2. The molecule has 0 saturated heterocycles. The number of halogens is 17. The fourth-order valence-corrected chi connectivity index (χ4v) is 14.8. The molecule has 20 aromatic rings. The van der Waals surface area contributed by atoms with Gasteiger partial charge in [-0.05, 0) is 186 Å². The number of nitrogens with one attached hydrogen (secondary N) is 5. The second-order valence-electron chi connectivity index (χ2n) is 30.7. The number of anilines is 15. The van der Waals surface area contributed by atoms with Gasteiger partial charge in [0.15, 0.2) is 57.5 Å². The van der Waals surface area contributed by atoms with E-state index in [-0.39, 0.29) is 86.8 Å². The standard InChI is InChI=1S/C19H14F4N6O2.C19H15F3N6S.C19H16F2N6.C18H13ClF2N6.C18H12F5N7/c20-9-5-6-29-13(7-9)14(12(8-30)28-29)17-26-16(24)15(21)18(27-17)25-10-1-3-11(4-2-10)31-19(22)23;1-29-18-25-13-4-2-3-5-14(13)28(18)17-26-15(23)10-16(27-17)24-12-8-6-11(7-9-12)19(20,21)22;1-10-3-6-13(7-4-10)24-18-16(21)17(22)25-19(26-18)27-11(2)23-14-8-5-12(20)9-15(14)27;1-9-23-13-7-4-11(20)8-14(13)27(9)18-25-16(22)15(21)17(26-18)24-12-5-2-10(19)3-6-12;1-8-26-11-4-2-9(19)6-12(11)30(8)17-28-15(24)14(20)16(29-17)27-10-3-5-13(25-7-10)18(21,22)23/h1-7,19,30H,8H2,(H3,24,25,26,27);2-10H,1H3,(H3,23,24,26,27);3-9H,1-2H3,(H3,22,24,25,26);2-8H,1H3,(H3,22,24,25,26);2-7H,1H3,(H3,24,27,28,29). The Balaban J connectivity index is 0.000000129. The normalized spacial score (nSPS) is 11.4. The predicted octanol–water partition coefficient (Wildman–Crippen LogP) is 20.9. The van der Waals surface area contributed by atoms with Gasteiger partial charge in [0, 0.05) is 64.3 Å². The highest BCUT2D eigenvalue weighted by molar-refractivity contribution is 7.98. The summed E-state index contributed by atoms with van der Waals surface area (Å²) in [6, 6.07) is 49.5. The number of aliphatic hydroxyl groups is 1. The number of nitrogens with zero attached hydrogens (tertiary/aromatic N) is 21. The molecule has 51 heteroatoms. The van der Waals surface area contributed by atoms with Crippen molar-refractivity contribution < 1.29 is 80.1 Å². The van der Waals surface area contributed by atoms with Crippen LogP contribution in [0.5, 0.6) is 5.75 Å². The number of alkyl halides is 8. The van der Waals surface area contributed by atoms with E-state index >= 15 is 0 Å². The molecule has 0 aliphatic rings. The van der Waals surface area contributed by atoms with E-state index in [9.17, 15) is 75.4 Å². The Morgan fingerprint density at radius 2 is 0.826 bits per heavy atom. The highest BCUT2D eigenvalue weighted by Crippen LogP contribution is 2.38. The Hall–Kier alpha value is -17.8. The molecule has 0 fully saturated rings. The van der Waals surface area contributed by atoms with Crippen LogP contribution in [0.4, 0.5) is 157 Å². The Morgan fingerprint density at radius 1 is 0.410 bits per heavy atom. The number of fused-ring (bicyclic) bond motifs is 5. The summed E-state index contributed by atoms with van der Waals surface area (Å²) >= 11 is 7.30. The molecule has 8 aromatic carbocycles. The largest absolute Gasteiger partial charge is 0.435 e. The first-order chi connectivity index (χ1) is 68.7. The smallest absolute Gasteiger partial charge is 0.433 e. The third-order valence-corrected chi connectivity index (χ3v) is 21.6. The number of aromatic nitrogens is 21. The first-order valence-corrected chi connectivity index (χ1v) is 43.4. The van der Waals surface area contributed by atoms with Crippen molar-refractivity contribution in [1.29, 1.82) is 0 Å². The van der Waals surface area contributed by atoms with Crippen molar-refractivity contribution in [2.45, 2.75) is 58.4 Å². The van der Waals surface area contributed by atoms with Crippen LogP contribution in [0.25, 0.3) is 84.8 Å². The lowest BCUT2D eigenvalue weighted by Gasteiger charge is -2.12. The van der Waals surface area contributed by atoms with Gasteiger partial charge in [0.05, 0.1) is 85.0 Å². The number of hydrogen-bond donors (Lipinski definition) is 11. The number of aryl methyl sites for hydroxylation is 4. The summed E-state index contributed by atoms with van der Waals surface area (Å²) in [4.78, 5) is 62.1. The number of pyridine rings is 2. The van der Waals surface area contributed by atoms with Gasteiger partial charge >= 0.3 is 19.0 Å². The Morgan fingerprint density at radius 3 is 1.28 bits per heavy atom. The van der Waals surface area contributed by atoms with Crippen LogP contribution >= 0.6 is 23.4 Å². The SMILES string of the molecule is CSc1nc2ccccc2n1-c1nc(N)cc(Nc2ccc(C(F)(F)F)cc2)n1.Cc1ccc(Nc2nc(-n3c(C)nc4ccc(F)cc43)nc(N)c2F)cc1.Cc1nc2ccc(F)cc2n1-c1nc(N)c(F)c(Nc2ccc(C(F)(F)F)nc2)n1.Cc1nc2ccc(F)cc2n1-c1nc(N)c(F)c(Nc2ccc(Cl)cc2)n1.Nc1nc(-c2c(CO)nn3ccc(F)cc23)nc(Nc2ccc(OC(F)F)cc2)c1F. The summed E-state index contributed by atoms with van der Waals surface area (Å²) in [5, 5.41) is 29.0. The van der Waals surface area contributed by atoms with Crippen LogP contribution in [-0.2, 0) is 19.0 Å². The molecule has 144 heavy (non-hydrogen) atoms. The summed E-state index contributed by atoms with van der Waals surface area (Å²) in [7, 11) is 0. The average molecular weight is 2030 g/mol. The number of benzene rings is 8. The second-order valence-corrected chi connectivity index (χ2v) is 31.9. The molecule has 0 radical (unpaired) electrons. The topological polar surface area (TPSA) is 450 Å². The van der Waals surface area contributed by atoms with E-state index in [0.717, 1.165) is 47.1 Å². The van der Waals surface area contributed by atoms with Gasteiger partial charge < -0.3 is 65.1 Å². The molecule has 0 bridgehead atoms. The fraction of sp³-hybridized carbons (Fsp3) is 0.0968. The van der Waals surface area contributed by atoms with Crippen molar-refractivity contribution in [3.63, 3.8) is 0 Å². The monoisotopic (exact) mass is 2020 g/mol. The van der Waals surface area contributed by atoms with Crippen LogP contribution < -0.4 is 60.0 Å². The summed E-state index contributed by atoms with van der Waals surface area (Å²) in [5.41, 5.74) is 35.1. The summed E-state index contributed by atoms with van der Waals surface area (Å²) < 4.78 is 225. The van der Waals surface area contributed by atoms with Crippen LogP contribution in [-0.4, -0.2) is 121 Å². The van der Waals surface area contributed by atoms with Crippen molar-refractivity contribution in [2.75, 3.05) is 61.5 Å².